The Labute approximate surface area is 101 Å². The zero-order valence-electron chi connectivity index (χ0n) is 10.2. The number of hydrogen-bond acceptors (Lipinski definition) is 3. The molecule has 2 rings (SSSR count). The van der Waals surface area contributed by atoms with Crippen LogP contribution >= 0.6 is 0 Å². The van der Waals surface area contributed by atoms with Crippen molar-refractivity contribution in [3.05, 3.63) is 42.6 Å². The fourth-order valence-corrected chi connectivity index (χ4v) is 1.21. The molecule has 0 bridgehead atoms. The number of benzene rings is 1. The van der Waals surface area contributed by atoms with E-state index in [4.69, 9.17) is 0 Å². The standard InChI is InChI=1S/C9H7N.C5H10O2/c1-2-6-9-8(4-1)5-3-7-10-9;1-3-5(2)7-4-6/h1-7H;4-5H,3H2,1-2H3. The van der Waals surface area contributed by atoms with Crippen molar-refractivity contribution in [2.45, 2.75) is 26.4 Å². The van der Waals surface area contributed by atoms with Crippen LogP contribution in [0.4, 0.5) is 0 Å². The summed E-state index contributed by atoms with van der Waals surface area (Å²) in [6.45, 7) is 4.30. The number of carbonyl (C=O) groups excluding carboxylic acids is 1. The molecule has 0 saturated carbocycles. The molecule has 1 unspecified atom stereocenters. The molecule has 17 heavy (non-hydrogen) atoms. The highest BCUT2D eigenvalue weighted by Gasteiger charge is 1.92. The van der Waals surface area contributed by atoms with Gasteiger partial charge in [-0.15, -0.1) is 0 Å². The van der Waals surface area contributed by atoms with Crippen LogP contribution in [-0.2, 0) is 9.53 Å². The highest BCUT2D eigenvalue weighted by atomic mass is 16.5. The minimum Gasteiger partial charge on any atom is -0.465 e. The van der Waals surface area contributed by atoms with Crippen LogP contribution in [0.3, 0.4) is 0 Å². The van der Waals surface area contributed by atoms with Crippen LogP contribution in [-0.4, -0.2) is 17.6 Å². The number of hydrogen-bond donors (Lipinski definition) is 0. The Balaban J connectivity index is 0.000000185. The van der Waals surface area contributed by atoms with E-state index in [0.717, 1.165) is 11.9 Å². The van der Waals surface area contributed by atoms with E-state index >= 15 is 0 Å². The van der Waals surface area contributed by atoms with E-state index in [1.54, 1.807) is 0 Å². The summed E-state index contributed by atoms with van der Waals surface area (Å²) in [5.74, 6) is 0. The first-order valence-corrected chi connectivity index (χ1v) is 5.66. The largest absolute Gasteiger partial charge is 0.465 e. The van der Waals surface area contributed by atoms with Crippen LogP contribution in [0.2, 0.25) is 0 Å². The Bertz CT molecular complexity index is 391. The highest BCUT2D eigenvalue weighted by molar-refractivity contribution is 5.77. The molecule has 0 fully saturated rings. The predicted octanol–water partition coefficient (Wildman–Crippen LogP) is 3.19. The van der Waals surface area contributed by atoms with Gasteiger partial charge in [0.05, 0.1) is 11.6 Å². The molecule has 0 amide bonds. The fourth-order valence-electron chi connectivity index (χ4n) is 1.21. The lowest BCUT2D eigenvalue weighted by molar-refractivity contribution is -0.132. The first-order chi connectivity index (χ1) is 8.27. The number of aromatic nitrogens is 1. The average molecular weight is 231 g/mol. The molecule has 0 saturated heterocycles. The number of carbonyl (C=O) groups is 1. The van der Waals surface area contributed by atoms with Crippen molar-refractivity contribution >= 4 is 17.4 Å². The van der Waals surface area contributed by atoms with Gasteiger partial charge in [0, 0.05) is 11.6 Å². The van der Waals surface area contributed by atoms with Gasteiger partial charge in [-0.05, 0) is 25.5 Å². The van der Waals surface area contributed by atoms with E-state index in [2.05, 4.69) is 21.9 Å². The Morgan fingerprint density at radius 3 is 2.59 bits per heavy atom. The number of para-hydroxylation sites is 1. The molecule has 1 aromatic heterocycles. The maximum absolute atomic E-state index is 9.55. The van der Waals surface area contributed by atoms with E-state index in [9.17, 15) is 4.79 Å². The lowest BCUT2D eigenvalue weighted by atomic mass is 10.2. The lowest BCUT2D eigenvalue weighted by Gasteiger charge is -2.02. The Morgan fingerprint density at radius 1 is 1.29 bits per heavy atom. The number of fused-ring (bicyclic) bond motifs is 1. The van der Waals surface area contributed by atoms with E-state index in [1.807, 2.05) is 44.3 Å². The zero-order chi connectivity index (χ0) is 12.5. The minimum atomic E-state index is 0.0810. The lowest BCUT2D eigenvalue weighted by Crippen LogP contribution is -2.03. The number of ether oxygens (including phenoxy) is 1. The predicted molar refractivity (Wildman–Crippen MR) is 68.6 cm³/mol. The SMILES string of the molecule is CCC(C)OC=O.c1ccc2ncccc2c1. The third kappa shape index (κ3) is 4.64. The van der Waals surface area contributed by atoms with Crippen molar-refractivity contribution in [2.75, 3.05) is 0 Å². The summed E-state index contributed by atoms with van der Waals surface area (Å²) in [6.07, 6.45) is 2.78. The second-order valence-electron chi connectivity index (χ2n) is 3.65. The summed E-state index contributed by atoms with van der Waals surface area (Å²) < 4.78 is 4.51. The summed E-state index contributed by atoms with van der Waals surface area (Å²) in [7, 11) is 0. The van der Waals surface area contributed by atoms with Gasteiger partial charge < -0.3 is 4.74 Å². The molecular formula is C14H17NO2. The van der Waals surface area contributed by atoms with E-state index in [1.165, 1.54) is 5.39 Å². The van der Waals surface area contributed by atoms with Crippen LogP contribution in [0.5, 0.6) is 0 Å². The molecule has 0 spiro atoms. The molecule has 3 nitrogen and oxygen atoms in total. The minimum absolute atomic E-state index is 0.0810. The van der Waals surface area contributed by atoms with Crippen LogP contribution < -0.4 is 0 Å². The molecule has 3 heteroatoms. The second-order valence-corrected chi connectivity index (χ2v) is 3.65. The van der Waals surface area contributed by atoms with Gasteiger partial charge in [-0.3, -0.25) is 9.78 Å². The normalized spacial score (nSPS) is 11.2. The molecule has 0 N–H and O–H groups in total. The molecular weight excluding hydrogens is 214 g/mol. The molecule has 90 valence electrons. The van der Waals surface area contributed by atoms with Crippen molar-refractivity contribution in [1.29, 1.82) is 0 Å². The quantitative estimate of drug-likeness (QED) is 0.761. The van der Waals surface area contributed by atoms with Gasteiger partial charge in [0.25, 0.3) is 6.47 Å². The zero-order valence-corrected chi connectivity index (χ0v) is 10.2. The molecule has 0 aliphatic heterocycles. The van der Waals surface area contributed by atoms with Crippen LogP contribution in [0.1, 0.15) is 20.3 Å². The monoisotopic (exact) mass is 231 g/mol. The number of nitrogens with zero attached hydrogens (tertiary/aromatic N) is 1. The topological polar surface area (TPSA) is 39.2 Å². The van der Waals surface area contributed by atoms with Gasteiger partial charge >= 0.3 is 0 Å². The Hall–Kier alpha value is -1.90. The highest BCUT2D eigenvalue weighted by Crippen LogP contribution is 2.07. The smallest absolute Gasteiger partial charge is 0.293 e. The molecule has 2 aromatic rings. The van der Waals surface area contributed by atoms with Crippen molar-refractivity contribution < 1.29 is 9.53 Å². The van der Waals surface area contributed by atoms with E-state index in [0.29, 0.717) is 6.47 Å². The van der Waals surface area contributed by atoms with Gasteiger partial charge in [0.2, 0.25) is 0 Å². The van der Waals surface area contributed by atoms with Crippen molar-refractivity contribution in [3.8, 4) is 0 Å². The Morgan fingerprint density at radius 2 is 2.00 bits per heavy atom. The van der Waals surface area contributed by atoms with Gasteiger partial charge in [0.1, 0.15) is 0 Å². The second kappa shape index (κ2) is 7.39. The molecule has 0 radical (unpaired) electrons. The molecule has 1 atom stereocenters. The van der Waals surface area contributed by atoms with Crippen molar-refractivity contribution in [2.24, 2.45) is 0 Å². The van der Waals surface area contributed by atoms with Gasteiger partial charge in [-0.25, -0.2) is 0 Å². The number of pyridine rings is 1. The van der Waals surface area contributed by atoms with Crippen LogP contribution in [0.15, 0.2) is 42.6 Å². The fraction of sp³-hybridized carbons (Fsp3) is 0.286. The summed E-state index contributed by atoms with van der Waals surface area (Å²) in [6, 6.07) is 12.1. The van der Waals surface area contributed by atoms with Gasteiger partial charge in [-0.1, -0.05) is 31.2 Å². The third-order valence-corrected chi connectivity index (χ3v) is 2.38. The molecule has 1 heterocycles. The van der Waals surface area contributed by atoms with Crippen LogP contribution in [0, 0.1) is 0 Å². The first-order valence-electron chi connectivity index (χ1n) is 5.66. The number of rotatable bonds is 3. The summed E-state index contributed by atoms with van der Waals surface area (Å²) >= 11 is 0. The van der Waals surface area contributed by atoms with E-state index in [-0.39, 0.29) is 6.10 Å². The molecule has 0 aliphatic rings. The summed E-state index contributed by atoms with van der Waals surface area (Å²) in [4.78, 5) is 13.7. The first kappa shape index (κ1) is 13.2. The maximum Gasteiger partial charge on any atom is 0.293 e. The summed E-state index contributed by atoms with van der Waals surface area (Å²) in [5.41, 5.74) is 1.06. The third-order valence-electron chi connectivity index (χ3n) is 2.38. The van der Waals surface area contributed by atoms with Crippen LogP contribution in [0.25, 0.3) is 10.9 Å². The van der Waals surface area contributed by atoms with Gasteiger partial charge in [-0.2, -0.15) is 0 Å². The Kier molecular flexibility index (Phi) is 5.72. The molecule has 1 aromatic carbocycles. The summed E-state index contributed by atoms with van der Waals surface area (Å²) in [5, 5.41) is 1.20. The van der Waals surface area contributed by atoms with Gasteiger partial charge in [0.15, 0.2) is 0 Å². The van der Waals surface area contributed by atoms with Crippen molar-refractivity contribution in [3.63, 3.8) is 0 Å². The maximum atomic E-state index is 9.55. The molecule has 0 aliphatic carbocycles. The van der Waals surface area contributed by atoms with E-state index < -0.39 is 0 Å². The van der Waals surface area contributed by atoms with Crippen molar-refractivity contribution in [1.82, 2.24) is 4.98 Å². The average Bonchev–Trinajstić information content (AvgIpc) is 2.40.